The third-order valence-electron chi connectivity index (χ3n) is 5.67. The molecule has 2 heterocycles. The molecule has 5 N–H and O–H groups in total. The van der Waals surface area contributed by atoms with Gasteiger partial charge in [-0.3, -0.25) is 15.2 Å². The van der Waals surface area contributed by atoms with Gasteiger partial charge in [0.1, 0.15) is 17.6 Å². The van der Waals surface area contributed by atoms with Crippen LogP contribution in [0.4, 0.5) is 10.1 Å². The summed E-state index contributed by atoms with van der Waals surface area (Å²) in [6, 6.07) is 10.1. The van der Waals surface area contributed by atoms with Crippen molar-refractivity contribution in [3.05, 3.63) is 88.1 Å². The molecular formula is C27H29FN8O5. The molecule has 0 unspecified atom stereocenters. The number of aromatic amines is 1. The number of benzene rings is 2. The predicted octanol–water partition coefficient (Wildman–Crippen LogP) is 2.71. The Kier molecular flexibility index (Phi) is 9.24. The van der Waals surface area contributed by atoms with Crippen molar-refractivity contribution in [2.24, 2.45) is 5.73 Å². The Morgan fingerprint density at radius 2 is 1.90 bits per heavy atom. The number of anilines is 1. The molecule has 214 valence electrons. The van der Waals surface area contributed by atoms with Gasteiger partial charge in [-0.2, -0.15) is 0 Å². The molecule has 0 saturated heterocycles. The molecule has 0 radical (unpaired) electrons. The summed E-state index contributed by atoms with van der Waals surface area (Å²) in [6.45, 7) is 3.58. The number of nitrogens with two attached hydrogens (primary N) is 1. The largest absolute Gasteiger partial charge is 0.494 e. The number of hydrogen-bond donors (Lipinski definition) is 4. The van der Waals surface area contributed by atoms with Crippen LogP contribution >= 0.6 is 0 Å². The average Bonchev–Trinajstić information content (AvgIpc) is 3.35. The van der Waals surface area contributed by atoms with Gasteiger partial charge in [-0.15, -0.1) is 9.78 Å². The van der Waals surface area contributed by atoms with E-state index in [1.54, 1.807) is 37.3 Å². The highest BCUT2D eigenvalue weighted by Crippen LogP contribution is 2.35. The maximum atomic E-state index is 16.1. The monoisotopic (exact) mass is 564 g/mol. The molecule has 2 aromatic heterocycles. The Morgan fingerprint density at radius 1 is 1.17 bits per heavy atom. The van der Waals surface area contributed by atoms with Crippen LogP contribution < -0.4 is 26.2 Å². The number of carbonyl (C=O) groups excluding carboxylic acids is 1. The topological polar surface area (TPSA) is 183 Å². The summed E-state index contributed by atoms with van der Waals surface area (Å²) in [7, 11) is 0. The number of nitrogen functional groups attached to an aromatic ring is 1. The number of carbonyl (C=O) groups is 1. The molecule has 41 heavy (non-hydrogen) atoms. The molecule has 0 spiro atoms. The number of esters is 1. The van der Waals surface area contributed by atoms with E-state index in [1.807, 2.05) is 0 Å². The summed E-state index contributed by atoms with van der Waals surface area (Å²) in [5, 5.41) is 15.2. The van der Waals surface area contributed by atoms with Gasteiger partial charge in [0.15, 0.2) is 17.4 Å². The molecule has 14 heteroatoms. The number of H-pyrrole nitrogens is 1. The van der Waals surface area contributed by atoms with E-state index in [-0.39, 0.29) is 42.1 Å². The number of nitrogens with zero attached hydrogens (tertiary/aromatic N) is 4. The average molecular weight is 565 g/mol. The van der Waals surface area contributed by atoms with Gasteiger partial charge in [-0.05, 0) is 43.3 Å². The first-order chi connectivity index (χ1) is 19.8. The second kappa shape index (κ2) is 13.2. The van der Waals surface area contributed by atoms with Crippen LogP contribution in [-0.2, 0) is 9.53 Å². The summed E-state index contributed by atoms with van der Waals surface area (Å²) in [5.74, 6) is -0.922. The van der Waals surface area contributed by atoms with E-state index in [1.165, 1.54) is 31.5 Å². The van der Waals surface area contributed by atoms with Crippen molar-refractivity contribution in [2.75, 3.05) is 25.1 Å². The fraction of sp³-hybridized carbons (Fsp3) is 0.259. The standard InChI is InChI=1S/C27H29FN8O5/c1-3-39-19-14-20(22(28)21(15-19)41-13-5-12-40-16(2)37)23(33-18-8-6-17(7-9-18)24(29)30)25-34-27(38)36(35-25)26-31-10-4-11-32-26/h4,6-11,14-15,23,33H,3,5,12-13H2,1-2H3,(H3,29,30)(H,34,35,38)/t23-/m0/s1. The zero-order chi connectivity index (χ0) is 29.4. The molecule has 0 aliphatic heterocycles. The van der Waals surface area contributed by atoms with E-state index in [9.17, 15) is 9.59 Å². The Bertz CT molecular complexity index is 1560. The van der Waals surface area contributed by atoms with E-state index in [4.69, 9.17) is 25.4 Å². The second-order valence-electron chi connectivity index (χ2n) is 8.64. The Labute approximate surface area is 234 Å². The van der Waals surface area contributed by atoms with Crippen LogP contribution in [0.15, 0.2) is 59.7 Å². The summed E-state index contributed by atoms with van der Waals surface area (Å²) in [4.78, 5) is 34.7. The molecule has 0 amide bonds. The molecule has 4 aromatic rings. The van der Waals surface area contributed by atoms with Crippen LogP contribution in [-0.4, -0.2) is 56.4 Å². The summed E-state index contributed by atoms with van der Waals surface area (Å²) < 4.78 is 33.3. The molecule has 0 bridgehead atoms. The van der Waals surface area contributed by atoms with Gasteiger partial charge in [0.05, 0.1) is 19.8 Å². The van der Waals surface area contributed by atoms with Gasteiger partial charge < -0.3 is 25.3 Å². The van der Waals surface area contributed by atoms with E-state index >= 15 is 4.39 Å². The van der Waals surface area contributed by atoms with E-state index in [2.05, 4.69) is 25.4 Å². The van der Waals surface area contributed by atoms with Gasteiger partial charge in [0, 0.05) is 48.6 Å². The number of aromatic nitrogens is 5. The summed E-state index contributed by atoms with van der Waals surface area (Å²) in [5.41, 5.74) is 6.03. The minimum Gasteiger partial charge on any atom is -0.494 e. The second-order valence-corrected chi connectivity index (χ2v) is 8.64. The normalized spacial score (nSPS) is 11.5. The molecule has 13 nitrogen and oxygen atoms in total. The summed E-state index contributed by atoms with van der Waals surface area (Å²) in [6.07, 6.45) is 3.27. The van der Waals surface area contributed by atoms with Gasteiger partial charge in [-0.25, -0.2) is 19.2 Å². The Balaban J connectivity index is 1.76. The summed E-state index contributed by atoms with van der Waals surface area (Å²) >= 11 is 0. The number of nitrogens with one attached hydrogen (secondary N) is 3. The van der Waals surface area contributed by atoms with Gasteiger partial charge in [0.25, 0.3) is 5.95 Å². The van der Waals surface area contributed by atoms with Crippen LogP contribution in [0.1, 0.15) is 43.3 Å². The van der Waals surface area contributed by atoms with E-state index in [0.29, 0.717) is 30.0 Å². The third kappa shape index (κ3) is 7.23. The van der Waals surface area contributed by atoms with Crippen LogP contribution in [0, 0.1) is 11.2 Å². The van der Waals surface area contributed by atoms with Crippen molar-refractivity contribution in [1.82, 2.24) is 24.7 Å². The Morgan fingerprint density at radius 3 is 2.56 bits per heavy atom. The van der Waals surface area contributed by atoms with Crippen molar-refractivity contribution in [1.29, 1.82) is 5.41 Å². The fourth-order valence-electron chi connectivity index (χ4n) is 3.83. The molecule has 0 fully saturated rings. The molecule has 1 atom stereocenters. The van der Waals surface area contributed by atoms with Crippen molar-refractivity contribution in [3.63, 3.8) is 0 Å². The zero-order valence-corrected chi connectivity index (χ0v) is 22.4. The molecule has 0 saturated carbocycles. The van der Waals surface area contributed by atoms with Gasteiger partial charge >= 0.3 is 11.7 Å². The smallest absolute Gasteiger partial charge is 0.350 e. The lowest BCUT2D eigenvalue weighted by molar-refractivity contribution is -0.141. The third-order valence-corrected chi connectivity index (χ3v) is 5.67. The molecule has 0 aliphatic carbocycles. The molecular weight excluding hydrogens is 535 g/mol. The quantitative estimate of drug-likeness (QED) is 0.0815. The lowest BCUT2D eigenvalue weighted by atomic mass is 10.0. The van der Waals surface area contributed by atoms with Crippen molar-refractivity contribution in [2.45, 2.75) is 26.3 Å². The van der Waals surface area contributed by atoms with Crippen LogP contribution in [0.3, 0.4) is 0 Å². The highest BCUT2D eigenvalue weighted by Gasteiger charge is 2.27. The van der Waals surface area contributed by atoms with Crippen LogP contribution in [0.2, 0.25) is 0 Å². The van der Waals surface area contributed by atoms with Gasteiger partial charge in [-0.1, -0.05) is 0 Å². The van der Waals surface area contributed by atoms with E-state index < -0.39 is 23.5 Å². The number of rotatable bonds is 13. The predicted molar refractivity (Wildman–Crippen MR) is 147 cm³/mol. The number of amidine groups is 1. The fourth-order valence-corrected chi connectivity index (χ4v) is 3.83. The number of halogens is 1. The maximum Gasteiger partial charge on any atom is 0.350 e. The lowest BCUT2D eigenvalue weighted by Gasteiger charge is -2.21. The zero-order valence-electron chi connectivity index (χ0n) is 22.4. The first-order valence-electron chi connectivity index (χ1n) is 12.7. The van der Waals surface area contributed by atoms with Crippen molar-refractivity contribution in [3.8, 4) is 17.4 Å². The molecule has 0 aliphatic rings. The highest BCUT2D eigenvalue weighted by molar-refractivity contribution is 5.95. The van der Waals surface area contributed by atoms with Crippen LogP contribution in [0.25, 0.3) is 5.95 Å². The first-order valence-corrected chi connectivity index (χ1v) is 12.7. The van der Waals surface area contributed by atoms with Crippen molar-refractivity contribution >= 4 is 17.5 Å². The Hall–Kier alpha value is -5.27. The molecule has 4 rings (SSSR count). The number of hydrogen-bond acceptors (Lipinski definition) is 10. The van der Waals surface area contributed by atoms with E-state index in [0.717, 1.165) is 4.68 Å². The van der Waals surface area contributed by atoms with Gasteiger partial charge in [0.2, 0.25) is 0 Å². The lowest BCUT2D eigenvalue weighted by Crippen LogP contribution is -2.18. The van der Waals surface area contributed by atoms with Crippen molar-refractivity contribution < 1.29 is 23.4 Å². The number of ether oxygens (including phenoxy) is 3. The maximum absolute atomic E-state index is 16.1. The minimum absolute atomic E-state index is 0.0323. The SMILES string of the molecule is CCOc1cc(OCCCOC(C)=O)c(F)c([C@H](Nc2ccc(C(=N)N)cc2)c2nn(-c3ncccn3)c(=O)[nH]2)c1. The minimum atomic E-state index is -1.04. The highest BCUT2D eigenvalue weighted by atomic mass is 19.1. The molecule has 2 aromatic carbocycles. The van der Waals surface area contributed by atoms with Crippen LogP contribution in [0.5, 0.6) is 11.5 Å². The first kappa shape index (κ1) is 28.7.